The maximum atomic E-state index is 14.7. The number of carbonyl (C=O) groups is 1. The van der Waals surface area contributed by atoms with E-state index < -0.39 is 40.0 Å². The number of sulfone groups is 2. The molecule has 0 fully saturated rings. The Bertz CT molecular complexity index is 3480. The highest BCUT2D eigenvalue weighted by Gasteiger charge is 2.33. The zero-order valence-electron chi connectivity index (χ0n) is 36.5. The Morgan fingerprint density at radius 2 is 1.04 bits per heavy atom. The van der Waals surface area contributed by atoms with Gasteiger partial charge in [-0.2, -0.15) is 20.2 Å². The summed E-state index contributed by atoms with van der Waals surface area (Å²) in [4.78, 5) is 30.0. The zero-order valence-corrected chi connectivity index (χ0v) is 38.9. The lowest BCUT2D eigenvalue weighted by Gasteiger charge is -2.33. The van der Waals surface area contributed by atoms with E-state index in [9.17, 15) is 30.0 Å². The first kappa shape index (κ1) is 45.7. The van der Waals surface area contributed by atoms with Crippen molar-refractivity contribution in [1.29, 1.82) is 0 Å². The molecule has 0 unspecified atom stereocenters. The number of hydrogen-bond donors (Lipinski definition) is 4. The highest BCUT2D eigenvalue weighted by molar-refractivity contribution is 7.92. The van der Waals surface area contributed by atoms with Gasteiger partial charge in [0.25, 0.3) is 10.3 Å². The third-order valence-corrected chi connectivity index (χ3v) is 14.5. The number of carbonyl (C=O) groups excluding carboxylic acids is 1. The van der Waals surface area contributed by atoms with E-state index >= 15 is 0 Å². The second kappa shape index (κ2) is 18.2. The van der Waals surface area contributed by atoms with Crippen LogP contribution in [0, 0.1) is 20.8 Å². The molecule has 4 heterocycles. The molecular weight excluding hydrogens is 917 g/mol. The molecule has 0 saturated heterocycles. The molecule has 0 aliphatic rings. The summed E-state index contributed by atoms with van der Waals surface area (Å²) < 4.78 is 85.6. The molecule has 0 radical (unpaired) electrons. The molecule has 0 bridgehead atoms. The first-order chi connectivity index (χ1) is 31.9. The van der Waals surface area contributed by atoms with Crippen molar-refractivity contribution in [3.05, 3.63) is 144 Å². The Morgan fingerprint density at radius 3 is 1.52 bits per heavy atom. The molecule has 0 aliphatic heterocycles. The van der Waals surface area contributed by atoms with Gasteiger partial charge < -0.3 is 5.32 Å². The molecule has 8 rings (SSSR count). The van der Waals surface area contributed by atoms with Crippen LogP contribution in [0.4, 0.5) is 34.6 Å². The Hall–Kier alpha value is -7.82. The van der Waals surface area contributed by atoms with Crippen LogP contribution in [0.2, 0.25) is 0 Å². The average Bonchev–Trinajstić information content (AvgIpc) is 3.95. The number of nitrogens with one attached hydrogen (secondary N) is 4. The van der Waals surface area contributed by atoms with Gasteiger partial charge in [-0.1, -0.05) is 54.6 Å². The lowest BCUT2D eigenvalue weighted by Crippen LogP contribution is -2.38. The number of rotatable bonds is 15. The first-order valence-corrected chi connectivity index (χ1v) is 25.1. The molecule has 67 heavy (non-hydrogen) atoms. The minimum Gasteiger partial charge on any atom is -0.326 e. The molecular formula is C45H42N12O7S3. The monoisotopic (exact) mass is 958 g/mol. The Balaban J connectivity index is 1.38. The number of aromatic nitrogens is 8. The van der Waals surface area contributed by atoms with Crippen molar-refractivity contribution < 1.29 is 30.0 Å². The van der Waals surface area contributed by atoms with E-state index in [2.05, 4.69) is 40.4 Å². The van der Waals surface area contributed by atoms with E-state index in [0.717, 1.165) is 5.56 Å². The fraction of sp³-hybridized carbons (Fsp3) is 0.133. The minimum atomic E-state index is -4.56. The van der Waals surface area contributed by atoms with E-state index in [-0.39, 0.29) is 61.8 Å². The van der Waals surface area contributed by atoms with Gasteiger partial charge in [-0.15, -0.1) is 0 Å². The summed E-state index contributed by atoms with van der Waals surface area (Å²) in [5.74, 6) is -0.335. The van der Waals surface area contributed by atoms with Crippen molar-refractivity contribution in [2.24, 2.45) is 0 Å². The van der Waals surface area contributed by atoms with Crippen LogP contribution in [-0.4, -0.2) is 77.2 Å². The predicted molar refractivity (Wildman–Crippen MR) is 252 cm³/mol. The van der Waals surface area contributed by atoms with Crippen molar-refractivity contribution in [1.82, 2.24) is 40.3 Å². The van der Waals surface area contributed by atoms with Gasteiger partial charge in [0.15, 0.2) is 23.3 Å². The second-order valence-corrected chi connectivity index (χ2v) is 20.9. The molecule has 0 spiro atoms. The molecule has 0 saturated carbocycles. The van der Waals surface area contributed by atoms with Gasteiger partial charge in [0.2, 0.25) is 35.6 Å². The molecule has 0 atom stereocenters. The summed E-state index contributed by atoms with van der Waals surface area (Å²) in [5.41, 5.74) is 4.00. The summed E-state index contributed by atoms with van der Waals surface area (Å²) >= 11 is 0. The van der Waals surface area contributed by atoms with Gasteiger partial charge >= 0.3 is 0 Å². The third kappa shape index (κ3) is 9.76. The number of aromatic amines is 2. The standard InChI is InChI=1S/C45H42N12O7S3/c1-6-65(59,60)55-34-18-22-36(23-19-34)66(61,62)44-47-38(32-13-8-7-9-14-32)26-40(49-44)56(42-24-29(3)51-53-42)57(43-25-30(4)52-54-43)41-27-39(37-15-11-10-12-28(37)2)48-45(50-41)67(63,64)35-20-16-33(17-21-35)46-31(5)58/h7-27,55H,6H2,1-5H3,(H,46,58)(H,51,53)(H,52,54). The van der Waals surface area contributed by atoms with Gasteiger partial charge in [0.1, 0.15) is 0 Å². The molecule has 4 aromatic heterocycles. The maximum Gasteiger partial charge on any atom is 0.254 e. The quantitative estimate of drug-likeness (QED) is 0.0583. The highest BCUT2D eigenvalue weighted by atomic mass is 32.2. The number of sulfonamides is 1. The molecule has 1 amide bonds. The van der Waals surface area contributed by atoms with Gasteiger partial charge in [-0.25, -0.2) is 45.2 Å². The number of nitrogens with zero attached hydrogens (tertiary/aromatic N) is 8. The van der Waals surface area contributed by atoms with Gasteiger partial charge in [0.05, 0.1) is 26.9 Å². The lowest BCUT2D eigenvalue weighted by molar-refractivity contribution is -0.114. The van der Waals surface area contributed by atoms with Crippen molar-refractivity contribution in [2.75, 3.05) is 25.8 Å². The summed E-state index contributed by atoms with van der Waals surface area (Å²) in [6.45, 7) is 8.19. The lowest BCUT2D eigenvalue weighted by atomic mass is 10.1. The number of hydrogen-bond acceptors (Lipinski definition) is 15. The second-order valence-electron chi connectivity index (χ2n) is 15.2. The van der Waals surface area contributed by atoms with Crippen molar-refractivity contribution in [2.45, 2.75) is 54.7 Å². The molecule has 4 N–H and O–H groups in total. The number of H-pyrrole nitrogens is 2. The number of amides is 1. The van der Waals surface area contributed by atoms with Gasteiger partial charge in [-0.05, 0) is 81.8 Å². The van der Waals surface area contributed by atoms with Crippen LogP contribution in [0.25, 0.3) is 22.5 Å². The molecule has 8 aromatic rings. The van der Waals surface area contributed by atoms with Gasteiger partial charge in [-0.3, -0.25) is 19.7 Å². The van der Waals surface area contributed by atoms with E-state index in [1.807, 2.05) is 19.1 Å². The normalized spacial score (nSPS) is 11.8. The summed E-state index contributed by atoms with van der Waals surface area (Å²) in [5, 5.41) is 19.3. The van der Waals surface area contributed by atoms with Crippen LogP contribution in [-0.2, 0) is 34.5 Å². The maximum absolute atomic E-state index is 14.7. The smallest absolute Gasteiger partial charge is 0.254 e. The molecule has 342 valence electrons. The van der Waals surface area contributed by atoms with Crippen molar-refractivity contribution >= 4 is 70.3 Å². The Morgan fingerprint density at radius 1 is 0.567 bits per heavy atom. The third-order valence-electron chi connectivity index (χ3n) is 10.1. The van der Waals surface area contributed by atoms with Crippen LogP contribution in [0.15, 0.2) is 147 Å². The molecule has 4 aromatic carbocycles. The summed E-state index contributed by atoms with van der Waals surface area (Å²) in [6.07, 6.45) is 0. The van der Waals surface area contributed by atoms with Crippen LogP contribution in [0.5, 0.6) is 0 Å². The Labute approximate surface area is 386 Å². The van der Waals surface area contributed by atoms with E-state index in [1.54, 1.807) is 80.6 Å². The summed E-state index contributed by atoms with van der Waals surface area (Å²) in [7, 11) is -12.7. The number of anilines is 6. The number of hydrazine groups is 1. The van der Waals surface area contributed by atoms with Crippen LogP contribution in [0.1, 0.15) is 30.8 Å². The predicted octanol–water partition coefficient (Wildman–Crippen LogP) is 7.25. The SMILES string of the molecule is CCS(=O)(=O)Nc1ccc(S(=O)(=O)c2nc(-c3ccccc3)cc(N(c3cc(C)[nH]n3)N(c3cc(C)[nH]n3)c3cc(-c4ccccc4C)nc(S(=O)(=O)c4ccc(NC(C)=O)cc4)n3)n2)cc1. The van der Waals surface area contributed by atoms with Crippen LogP contribution >= 0.6 is 0 Å². The summed E-state index contributed by atoms with van der Waals surface area (Å²) in [6, 6.07) is 33.3. The van der Waals surface area contributed by atoms with E-state index in [4.69, 9.17) is 9.97 Å². The largest absolute Gasteiger partial charge is 0.326 e. The van der Waals surface area contributed by atoms with Crippen LogP contribution < -0.4 is 20.1 Å². The Kier molecular flexibility index (Phi) is 12.4. The zero-order chi connectivity index (χ0) is 47.7. The van der Waals surface area contributed by atoms with Crippen molar-refractivity contribution in [3.63, 3.8) is 0 Å². The average molecular weight is 959 g/mol. The van der Waals surface area contributed by atoms with E-state index in [1.165, 1.54) is 72.4 Å². The molecule has 0 aliphatic carbocycles. The van der Waals surface area contributed by atoms with Crippen molar-refractivity contribution in [3.8, 4) is 22.5 Å². The fourth-order valence-corrected chi connectivity index (χ4v) is 9.71. The van der Waals surface area contributed by atoms with Crippen LogP contribution in [0.3, 0.4) is 0 Å². The number of aryl methyl sites for hydroxylation is 3. The topological polar surface area (TPSA) is 259 Å². The van der Waals surface area contributed by atoms with E-state index in [0.29, 0.717) is 28.2 Å². The molecule has 22 heteroatoms. The minimum absolute atomic E-state index is 0.0525. The fourth-order valence-electron chi connectivity index (χ4n) is 6.79. The highest BCUT2D eigenvalue weighted by Crippen LogP contribution is 2.38. The molecule has 19 nitrogen and oxygen atoms in total. The van der Waals surface area contributed by atoms with Gasteiger partial charge in [0, 0.05) is 65.1 Å². The number of benzene rings is 4. The first-order valence-electron chi connectivity index (χ1n) is 20.4.